The van der Waals surface area contributed by atoms with Gasteiger partial charge in [0, 0.05) is 13.1 Å². The summed E-state index contributed by atoms with van der Waals surface area (Å²) in [4.78, 5) is 35.2. The molecular formula is C14H15FN2O5. The molecule has 0 bridgehead atoms. The molecule has 1 fully saturated rings. The molecule has 2 rings (SSSR count). The van der Waals surface area contributed by atoms with Crippen molar-refractivity contribution < 1.29 is 28.2 Å². The lowest BCUT2D eigenvalue weighted by atomic mass is 10.3. The van der Waals surface area contributed by atoms with Crippen LogP contribution in [0.15, 0.2) is 24.3 Å². The zero-order chi connectivity index (χ0) is 16.1. The largest absolute Gasteiger partial charge is 0.478 e. The van der Waals surface area contributed by atoms with Gasteiger partial charge in [-0.15, -0.1) is 0 Å². The number of halogens is 1. The predicted molar refractivity (Wildman–Crippen MR) is 72.6 cm³/mol. The number of ether oxygens (including phenoxy) is 2. The van der Waals surface area contributed by atoms with Crippen LogP contribution in [0.5, 0.6) is 5.75 Å². The van der Waals surface area contributed by atoms with E-state index in [1.807, 2.05) is 0 Å². The number of imide groups is 1. The van der Waals surface area contributed by atoms with E-state index in [-0.39, 0.29) is 25.4 Å². The van der Waals surface area contributed by atoms with Crippen molar-refractivity contribution >= 4 is 17.9 Å². The first-order chi connectivity index (χ1) is 10.5. The number of hydrogen-bond donors (Lipinski definition) is 1. The van der Waals surface area contributed by atoms with E-state index in [2.05, 4.69) is 10.1 Å². The molecule has 118 valence electrons. The number of cyclic esters (lactones) is 1. The van der Waals surface area contributed by atoms with Gasteiger partial charge in [-0.05, 0) is 19.1 Å². The second-order valence-corrected chi connectivity index (χ2v) is 4.58. The van der Waals surface area contributed by atoms with Crippen LogP contribution in [0.25, 0.3) is 0 Å². The van der Waals surface area contributed by atoms with Gasteiger partial charge in [-0.3, -0.25) is 9.59 Å². The summed E-state index contributed by atoms with van der Waals surface area (Å²) in [6.45, 7) is 1.26. The topological polar surface area (TPSA) is 84.9 Å². The number of nitrogens with one attached hydrogen (secondary N) is 1. The third-order valence-electron chi connectivity index (χ3n) is 2.98. The molecule has 1 aromatic rings. The Kier molecular flexibility index (Phi) is 4.92. The predicted octanol–water partition coefficient (Wildman–Crippen LogP) is 0.688. The highest BCUT2D eigenvalue weighted by Crippen LogP contribution is 2.16. The lowest BCUT2D eigenvalue weighted by Gasteiger charge is -2.16. The molecule has 1 aromatic carbocycles. The van der Waals surface area contributed by atoms with Gasteiger partial charge in [0.05, 0.1) is 0 Å². The summed E-state index contributed by atoms with van der Waals surface area (Å²) in [5.74, 6) is -1.52. The van der Waals surface area contributed by atoms with Crippen LogP contribution in [0.3, 0.4) is 0 Å². The number of nitrogens with zero attached hydrogens (tertiary/aromatic N) is 1. The summed E-state index contributed by atoms with van der Waals surface area (Å²) in [7, 11) is 0. The molecular weight excluding hydrogens is 295 g/mol. The molecule has 1 aliphatic rings. The van der Waals surface area contributed by atoms with Crippen LogP contribution in [0.4, 0.5) is 9.18 Å². The summed E-state index contributed by atoms with van der Waals surface area (Å²) < 4.78 is 23.1. The van der Waals surface area contributed by atoms with Crippen molar-refractivity contribution in [2.24, 2.45) is 0 Å². The number of carbonyl (C=O) groups is 3. The fourth-order valence-electron chi connectivity index (χ4n) is 1.82. The fourth-order valence-corrected chi connectivity index (χ4v) is 1.82. The normalized spacial score (nSPS) is 15.5. The third kappa shape index (κ3) is 3.72. The number of benzene rings is 1. The molecule has 3 amide bonds. The average molecular weight is 310 g/mol. The Balaban J connectivity index is 1.78. The summed E-state index contributed by atoms with van der Waals surface area (Å²) in [6.07, 6.45) is -1.65. The Morgan fingerprint density at radius 3 is 2.82 bits per heavy atom. The zero-order valence-corrected chi connectivity index (χ0v) is 11.9. The van der Waals surface area contributed by atoms with Gasteiger partial charge in [0.25, 0.3) is 11.8 Å². The molecule has 0 unspecified atom stereocenters. The Hall–Kier alpha value is -2.64. The van der Waals surface area contributed by atoms with Crippen LogP contribution in [-0.2, 0) is 14.3 Å². The van der Waals surface area contributed by atoms with E-state index in [9.17, 15) is 18.8 Å². The minimum Gasteiger partial charge on any atom is -0.478 e. The second kappa shape index (κ2) is 6.88. The van der Waals surface area contributed by atoms with Gasteiger partial charge >= 0.3 is 6.09 Å². The van der Waals surface area contributed by atoms with Gasteiger partial charge in [-0.1, -0.05) is 12.1 Å². The first-order valence-electron chi connectivity index (χ1n) is 6.65. The Bertz CT molecular complexity index is 576. The zero-order valence-electron chi connectivity index (χ0n) is 11.9. The van der Waals surface area contributed by atoms with E-state index in [1.165, 1.54) is 25.1 Å². The summed E-state index contributed by atoms with van der Waals surface area (Å²) in [5.41, 5.74) is 0. The van der Waals surface area contributed by atoms with Crippen molar-refractivity contribution in [3.8, 4) is 5.75 Å². The maximum atomic E-state index is 13.4. The Morgan fingerprint density at radius 1 is 1.45 bits per heavy atom. The first kappa shape index (κ1) is 15.7. The molecule has 1 heterocycles. The fraction of sp³-hybridized carbons (Fsp3) is 0.357. The molecule has 0 saturated carbocycles. The van der Waals surface area contributed by atoms with Crippen molar-refractivity contribution in [1.29, 1.82) is 0 Å². The van der Waals surface area contributed by atoms with Gasteiger partial charge in [-0.2, -0.15) is 0 Å². The molecule has 8 heteroatoms. The SMILES string of the molecule is C[C@@H](Oc1ccccc1F)C(=O)NCCN1C(=O)COC1=O. The highest BCUT2D eigenvalue weighted by atomic mass is 19.1. The Morgan fingerprint density at radius 2 is 2.18 bits per heavy atom. The standard InChI is InChI=1S/C14H15FN2O5/c1-9(22-11-5-3-2-4-10(11)15)13(19)16-6-7-17-12(18)8-21-14(17)20/h2-5,9H,6-8H2,1H3,(H,16,19)/t9-/m1/s1. The first-order valence-corrected chi connectivity index (χ1v) is 6.65. The maximum Gasteiger partial charge on any atom is 0.417 e. The number of rotatable bonds is 6. The molecule has 0 aromatic heterocycles. The molecule has 0 spiro atoms. The van der Waals surface area contributed by atoms with E-state index < -0.39 is 29.8 Å². The number of carbonyl (C=O) groups excluding carboxylic acids is 3. The minimum atomic E-state index is -0.918. The molecule has 0 radical (unpaired) electrons. The Labute approximate surface area is 126 Å². The van der Waals surface area contributed by atoms with E-state index in [0.717, 1.165) is 4.90 Å². The van der Waals surface area contributed by atoms with E-state index in [0.29, 0.717) is 0 Å². The van der Waals surface area contributed by atoms with Crippen molar-refractivity contribution in [2.75, 3.05) is 19.7 Å². The van der Waals surface area contributed by atoms with Crippen LogP contribution in [0.2, 0.25) is 0 Å². The van der Waals surface area contributed by atoms with E-state index in [4.69, 9.17) is 4.74 Å². The molecule has 7 nitrogen and oxygen atoms in total. The lowest BCUT2D eigenvalue weighted by Crippen LogP contribution is -2.42. The maximum absolute atomic E-state index is 13.4. The minimum absolute atomic E-state index is 0.00975. The van der Waals surface area contributed by atoms with Gasteiger partial charge in [-0.25, -0.2) is 14.1 Å². The summed E-state index contributed by atoms with van der Waals surface area (Å²) in [6, 6.07) is 5.75. The molecule has 1 aliphatic heterocycles. The lowest BCUT2D eigenvalue weighted by molar-refractivity contribution is -0.128. The van der Waals surface area contributed by atoms with E-state index in [1.54, 1.807) is 6.07 Å². The quantitative estimate of drug-likeness (QED) is 0.835. The van der Waals surface area contributed by atoms with Gasteiger partial charge in [0.15, 0.2) is 24.3 Å². The van der Waals surface area contributed by atoms with Crippen LogP contribution in [-0.4, -0.2) is 48.6 Å². The second-order valence-electron chi connectivity index (χ2n) is 4.58. The van der Waals surface area contributed by atoms with Crippen LogP contribution in [0.1, 0.15) is 6.92 Å². The smallest absolute Gasteiger partial charge is 0.417 e. The van der Waals surface area contributed by atoms with Gasteiger partial charge in [0.2, 0.25) is 0 Å². The van der Waals surface area contributed by atoms with Crippen molar-refractivity contribution in [3.05, 3.63) is 30.1 Å². The van der Waals surface area contributed by atoms with Crippen LogP contribution in [0, 0.1) is 5.82 Å². The average Bonchev–Trinajstić information content (AvgIpc) is 2.81. The number of hydrogen-bond acceptors (Lipinski definition) is 5. The van der Waals surface area contributed by atoms with Gasteiger partial charge < -0.3 is 14.8 Å². The van der Waals surface area contributed by atoms with Crippen LogP contribution < -0.4 is 10.1 Å². The van der Waals surface area contributed by atoms with Crippen molar-refractivity contribution in [2.45, 2.75) is 13.0 Å². The number of para-hydroxylation sites is 1. The molecule has 0 aliphatic carbocycles. The highest BCUT2D eigenvalue weighted by Gasteiger charge is 2.30. The monoisotopic (exact) mass is 310 g/mol. The van der Waals surface area contributed by atoms with Crippen molar-refractivity contribution in [1.82, 2.24) is 10.2 Å². The molecule has 1 atom stereocenters. The number of amides is 3. The van der Waals surface area contributed by atoms with Gasteiger partial charge in [0.1, 0.15) is 0 Å². The summed E-state index contributed by atoms with van der Waals surface area (Å²) >= 11 is 0. The third-order valence-corrected chi connectivity index (χ3v) is 2.98. The van der Waals surface area contributed by atoms with Crippen molar-refractivity contribution in [3.63, 3.8) is 0 Å². The summed E-state index contributed by atoms with van der Waals surface area (Å²) in [5, 5.41) is 2.50. The molecule has 1 N–H and O–H groups in total. The molecule has 1 saturated heterocycles. The molecule has 22 heavy (non-hydrogen) atoms. The van der Waals surface area contributed by atoms with E-state index >= 15 is 0 Å². The highest BCUT2D eigenvalue weighted by molar-refractivity contribution is 5.97. The van der Waals surface area contributed by atoms with Crippen LogP contribution >= 0.6 is 0 Å².